The van der Waals surface area contributed by atoms with Crippen molar-refractivity contribution in [2.75, 3.05) is 6.54 Å². The van der Waals surface area contributed by atoms with Gasteiger partial charge in [-0.1, -0.05) is 50.4 Å². The summed E-state index contributed by atoms with van der Waals surface area (Å²) in [6.07, 6.45) is 6.47. The average molecular weight is 280 g/mol. The van der Waals surface area contributed by atoms with Gasteiger partial charge in [-0.25, -0.2) is 0 Å². The maximum atomic E-state index is 5.96. The average Bonchev–Trinajstić information content (AvgIpc) is 3.23. The number of hydrogen-bond acceptors (Lipinski definition) is 1. The van der Waals surface area contributed by atoms with Crippen LogP contribution in [0.1, 0.15) is 45.1 Å². The van der Waals surface area contributed by atoms with Crippen LogP contribution in [0.2, 0.25) is 5.02 Å². The molecule has 0 spiro atoms. The Bertz CT molecular complexity index is 365. The molecule has 0 bridgehead atoms. The van der Waals surface area contributed by atoms with Crippen LogP contribution in [0.15, 0.2) is 24.3 Å². The number of rotatable bonds is 8. The van der Waals surface area contributed by atoms with Crippen molar-refractivity contribution in [3.8, 4) is 0 Å². The van der Waals surface area contributed by atoms with Crippen molar-refractivity contribution in [1.82, 2.24) is 5.32 Å². The van der Waals surface area contributed by atoms with Gasteiger partial charge in [0.2, 0.25) is 0 Å². The third kappa shape index (κ3) is 4.81. The molecule has 0 aliphatic heterocycles. The van der Waals surface area contributed by atoms with E-state index in [1.807, 2.05) is 12.1 Å². The topological polar surface area (TPSA) is 12.0 Å². The molecule has 106 valence electrons. The van der Waals surface area contributed by atoms with Gasteiger partial charge in [0.1, 0.15) is 0 Å². The monoisotopic (exact) mass is 279 g/mol. The molecule has 0 amide bonds. The fourth-order valence-electron chi connectivity index (χ4n) is 2.89. The fourth-order valence-corrected chi connectivity index (χ4v) is 3.02. The van der Waals surface area contributed by atoms with Gasteiger partial charge in [0.05, 0.1) is 0 Å². The third-order valence-corrected chi connectivity index (χ3v) is 4.62. The van der Waals surface area contributed by atoms with E-state index in [1.54, 1.807) is 0 Å². The van der Waals surface area contributed by atoms with E-state index < -0.39 is 0 Å². The predicted octanol–water partition coefficient (Wildman–Crippen LogP) is 4.69. The summed E-state index contributed by atoms with van der Waals surface area (Å²) in [5.74, 6) is 1.57. The van der Waals surface area contributed by atoms with E-state index >= 15 is 0 Å². The summed E-state index contributed by atoms with van der Waals surface area (Å²) in [5, 5.41) is 4.54. The van der Waals surface area contributed by atoms with E-state index in [0.717, 1.165) is 22.9 Å². The Hall–Kier alpha value is -0.530. The summed E-state index contributed by atoms with van der Waals surface area (Å²) in [7, 11) is 0. The van der Waals surface area contributed by atoms with Crippen molar-refractivity contribution >= 4 is 11.6 Å². The van der Waals surface area contributed by atoms with Crippen LogP contribution in [0.3, 0.4) is 0 Å². The molecule has 1 aromatic rings. The maximum Gasteiger partial charge on any atom is 0.0406 e. The first-order valence-corrected chi connectivity index (χ1v) is 8.08. The van der Waals surface area contributed by atoms with Gasteiger partial charge in [-0.15, -0.1) is 0 Å². The standard InChI is InChI=1S/C17H26ClN/c1-3-14(4-2)15(12-19-17-9-10-17)11-13-5-7-16(18)8-6-13/h5-8,14-15,17,19H,3-4,9-12H2,1-2H3. The highest BCUT2D eigenvalue weighted by atomic mass is 35.5. The van der Waals surface area contributed by atoms with Crippen LogP contribution >= 0.6 is 11.6 Å². The quantitative estimate of drug-likeness (QED) is 0.728. The molecule has 0 heterocycles. The third-order valence-electron chi connectivity index (χ3n) is 4.37. The zero-order chi connectivity index (χ0) is 13.7. The molecule has 1 fully saturated rings. The number of benzene rings is 1. The van der Waals surface area contributed by atoms with E-state index in [0.29, 0.717) is 0 Å². The first kappa shape index (κ1) is 14.9. The first-order valence-electron chi connectivity index (χ1n) is 7.70. The molecule has 0 saturated heterocycles. The Labute approximate surface area is 122 Å². The summed E-state index contributed by atoms with van der Waals surface area (Å²) >= 11 is 5.96. The summed E-state index contributed by atoms with van der Waals surface area (Å²) in [4.78, 5) is 0. The van der Waals surface area contributed by atoms with E-state index in [-0.39, 0.29) is 0 Å². The van der Waals surface area contributed by atoms with Crippen LogP contribution in [0.25, 0.3) is 0 Å². The molecular formula is C17H26ClN. The minimum absolute atomic E-state index is 0.747. The number of hydrogen-bond donors (Lipinski definition) is 1. The second kappa shape index (κ2) is 7.31. The van der Waals surface area contributed by atoms with Crippen LogP contribution in [-0.4, -0.2) is 12.6 Å². The predicted molar refractivity (Wildman–Crippen MR) is 83.7 cm³/mol. The molecule has 0 radical (unpaired) electrons. The van der Waals surface area contributed by atoms with Crippen LogP contribution < -0.4 is 5.32 Å². The zero-order valence-electron chi connectivity index (χ0n) is 12.2. The van der Waals surface area contributed by atoms with Crippen molar-refractivity contribution in [2.24, 2.45) is 11.8 Å². The van der Waals surface area contributed by atoms with Gasteiger partial charge in [0.25, 0.3) is 0 Å². The fraction of sp³-hybridized carbons (Fsp3) is 0.647. The first-order chi connectivity index (χ1) is 9.22. The summed E-state index contributed by atoms with van der Waals surface area (Å²) in [5.41, 5.74) is 1.42. The van der Waals surface area contributed by atoms with Crippen molar-refractivity contribution < 1.29 is 0 Å². The van der Waals surface area contributed by atoms with Gasteiger partial charge in [-0.3, -0.25) is 0 Å². The highest BCUT2D eigenvalue weighted by molar-refractivity contribution is 6.30. The Morgan fingerprint density at radius 1 is 1.11 bits per heavy atom. The van der Waals surface area contributed by atoms with Crippen LogP contribution in [-0.2, 0) is 6.42 Å². The van der Waals surface area contributed by atoms with Crippen molar-refractivity contribution in [2.45, 2.75) is 52.0 Å². The number of nitrogens with one attached hydrogen (secondary N) is 1. The van der Waals surface area contributed by atoms with Crippen LogP contribution in [0, 0.1) is 11.8 Å². The summed E-state index contributed by atoms with van der Waals surface area (Å²) < 4.78 is 0. The normalized spacial score (nSPS) is 16.8. The lowest BCUT2D eigenvalue weighted by molar-refractivity contribution is 0.297. The maximum absolute atomic E-state index is 5.96. The minimum atomic E-state index is 0.747. The van der Waals surface area contributed by atoms with E-state index in [1.165, 1.54) is 44.2 Å². The minimum Gasteiger partial charge on any atom is -0.314 e. The van der Waals surface area contributed by atoms with Crippen LogP contribution in [0.4, 0.5) is 0 Å². The Balaban J connectivity index is 1.96. The van der Waals surface area contributed by atoms with Gasteiger partial charge in [-0.05, 0) is 55.3 Å². The highest BCUT2D eigenvalue weighted by Gasteiger charge is 2.24. The van der Waals surface area contributed by atoms with E-state index in [4.69, 9.17) is 11.6 Å². The lowest BCUT2D eigenvalue weighted by Gasteiger charge is -2.26. The summed E-state index contributed by atoms with van der Waals surface area (Å²) in [6, 6.07) is 9.18. The van der Waals surface area contributed by atoms with Crippen molar-refractivity contribution in [3.63, 3.8) is 0 Å². The van der Waals surface area contributed by atoms with Crippen LogP contribution in [0.5, 0.6) is 0 Å². The van der Waals surface area contributed by atoms with Gasteiger partial charge >= 0.3 is 0 Å². The molecule has 1 aromatic carbocycles. The lowest BCUT2D eigenvalue weighted by atomic mass is 9.83. The second-order valence-electron chi connectivity index (χ2n) is 5.85. The van der Waals surface area contributed by atoms with Gasteiger partial charge < -0.3 is 5.32 Å². The molecule has 1 aliphatic rings. The smallest absolute Gasteiger partial charge is 0.0406 e. The summed E-state index contributed by atoms with van der Waals surface area (Å²) in [6.45, 7) is 5.81. The lowest BCUT2D eigenvalue weighted by Crippen LogP contribution is -2.30. The molecule has 1 atom stereocenters. The Kier molecular flexibility index (Phi) is 5.72. The number of halogens is 1. The Morgan fingerprint density at radius 2 is 1.74 bits per heavy atom. The van der Waals surface area contributed by atoms with Gasteiger partial charge in [0, 0.05) is 11.1 Å². The van der Waals surface area contributed by atoms with Gasteiger partial charge in [0.15, 0.2) is 0 Å². The van der Waals surface area contributed by atoms with Gasteiger partial charge in [-0.2, -0.15) is 0 Å². The molecule has 1 nitrogen and oxygen atoms in total. The van der Waals surface area contributed by atoms with Crippen molar-refractivity contribution in [1.29, 1.82) is 0 Å². The molecule has 1 N–H and O–H groups in total. The SMILES string of the molecule is CCC(CC)C(CNC1CC1)Cc1ccc(Cl)cc1. The molecule has 0 aromatic heterocycles. The molecule has 19 heavy (non-hydrogen) atoms. The molecule has 1 saturated carbocycles. The molecule has 1 aliphatic carbocycles. The largest absolute Gasteiger partial charge is 0.314 e. The van der Waals surface area contributed by atoms with Crippen molar-refractivity contribution in [3.05, 3.63) is 34.9 Å². The molecule has 2 heteroatoms. The highest BCUT2D eigenvalue weighted by Crippen LogP contribution is 2.26. The molecular weight excluding hydrogens is 254 g/mol. The second-order valence-corrected chi connectivity index (χ2v) is 6.29. The Morgan fingerprint density at radius 3 is 2.26 bits per heavy atom. The molecule has 2 rings (SSSR count). The zero-order valence-corrected chi connectivity index (χ0v) is 12.9. The van der Waals surface area contributed by atoms with E-state index in [2.05, 4.69) is 31.3 Å². The van der Waals surface area contributed by atoms with E-state index in [9.17, 15) is 0 Å². The molecule has 1 unspecified atom stereocenters.